The maximum absolute atomic E-state index is 13.0. The van der Waals surface area contributed by atoms with Crippen LogP contribution in [0.15, 0.2) is 76.4 Å². The zero-order chi connectivity index (χ0) is 21.8. The number of pyridine rings is 1. The molecule has 0 saturated heterocycles. The van der Waals surface area contributed by atoms with Crippen molar-refractivity contribution in [2.75, 3.05) is 5.32 Å². The maximum Gasteiger partial charge on any atom is 0.261 e. The van der Waals surface area contributed by atoms with E-state index in [1.165, 1.54) is 0 Å². The van der Waals surface area contributed by atoms with Crippen molar-refractivity contribution in [3.8, 4) is 11.3 Å². The van der Waals surface area contributed by atoms with Crippen LogP contribution in [0.3, 0.4) is 0 Å². The predicted molar refractivity (Wildman–Crippen MR) is 125 cm³/mol. The first-order valence-electron chi connectivity index (χ1n) is 9.36. The van der Waals surface area contributed by atoms with E-state index >= 15 is 0 Å². The molecule has 0 aliphatic carbocycles. The molecule has 0 atom stereocenters. The summed E-state index contributed by atoms with van der Waals surface area (Å²) in [4.78, 5) is 18.2. The molecule has 0 bridgehead atoms. The molecule has 0 aliphatic rings. The van der Waals surface area contributed by atoms with Crippen molar-refractivity contribution in [3.63, 3.8) is 0 Å². The molecule has 5 nitrogen and oxygen atoms in total. The molecule has 0 saturated carbocycles. The minimum atomic E-state index is -0.347. The Morgan fingerprint density at radius 1 is 1.06 bits per heavy atom. The second-order valence-corrected chi connectivity index (χ2v) is 8.55. The standard InChI is InChI=1S/C23H17Cl2N3O2S/c1-14-20(22(28-30-14)21-18(24)5-2-6-19(21)25)23(29)27-16-7-9-17(10-8-16)31-13-15-4-3-11-26-12-15/h2-12H,13H2,1H3,(H,27,29). The SMILES string of the molecule is Cc1onc(-c2c(Cl)cccc2Cl)c1C(=O)Nc1ccc(SCc2cccnc2)cc1. The van der Waals surface area contributed by atoms with Crippen molar-refractivity contribution < 1.29 is 9.32 Å². The van der Waals surface area contributed by atoms with E-state index < -0.39 is 0 Å². The number of carbonyl (C=O) groups excluding carboxylic acids is 1. The van der Waals surface area contributed by atoms with Gasteiger partial charge < -0.3 is 9.84 Å². The number of carbonyl (C=O) groups is 1. The average molecular weight is 470 g/mol. The molecule has 2 aromatic carbocycles. The highest BCUT2D eigenvalue weighted by Crippen LogP contribution is 2.37. The lowest BCUT2D eigenvalue weighted by Gasteiger charge is -2.09. The first kappa shape index (κ1) is 21.4. The molecule has 1 N–H and O–H groups in total. The van der Waals surface area contributed by atoms with Gasteiger partial charge in [0.25, 0.3) is 5.91 Å². The van der Waals surface area contributed by atoms with E-state index in [-0.39, 0.29) is 5.91 Å². The van der Waals surface area contributed by atoms with Gasteiger partial charge in [-0.15, -0.1) is 11.8 Å². The Labute approximate surface area is 193 Å². The van der Waals surface area contributed by atoms with Crippen LogP contribution in [0.25, 0.3) is 11.3 Å². The van der Waals surface area contributed by atoms with Gasteiger partial charge >= 0.3 is 0 Å². The molecule has 8 heteroatoms. The Morgan fingerprint density at radius 2 is 1.81 bits per heavy atom. The zero-order valence-electron chi connectivity index (χ0n) is 16.4. The van der Waals surface area contributed by atoms with E-state index in [1.807, 2.05) is 42.6 Å². The summed E-state index contributed by atoms with van der Waals surface area (Å²) in [6.45, 7) is 1.67. The van der Waals surface area contributed by atoms with Crippen molar-refractivity contribution in [1.82, 2.24) is 10.1 Å². The Bertz CT molecular complexity index is 1190. The summed E-state index contributed by atoms with van der Waals surface area (Å²) >= 11 is 14.3. The number of amides is 1. The van der Waals surface area contributed by atoms with Gasteiger partial charge in [0.15, 0.2) is 0 Å². The number of nitrogens with zero attached hydrogens (tertiary/aromatic N) is 2. The zero-order valence-corrected chi connectivity index (χ0v) is 18.8. The van der Waals surface area contributed by atoms with Gasteiger partial charge in [0.1, 0.15) is 17.0 Å². The van der Waals surface area contributed by atoms with E-state index in [4.69, 9.17) is 27.7 Å². The topological polar surface area (TPSA) is 68.0 Å². The smallest absolute Gasteiger partial charge is 0.261 e. The number of halogens is 2. The van der Waals surface area contributed by atoms with E-state index in [0.717, 1.165) is 16.2 Å². The van der Waals surface area contributed by atoms with Crippen molar-refractivity contribution in [3.05, 3.63) is 93.9 Å². The van der Waals surface area contributed by atoms with Crippen molar-refractivity contribution in [1.29, 1.82) is 0 Å². The molecular weight excluding hydrogens is 453 g/mol. The first-order chi connectivity index (χ1) is 15.0. The lowest BCUT2D eigenvalue weighted by Crippen LogP contribution is -2.13. The molecule has 0 unspecified atom stereocenters. The Hall–Kier alpha value is -2.80. The molecule has 0 aliphatic heterocycles. The Kier molecular flexibility index (Phi) is 6.61. The van der Waals surface area contributed by atoms with E-state index in [0.29, 0.717) is 38.3 Å². The molecule has 0 fully saturated rings. The number of rotatable bonds is 6. The van der Waals surface area contributed by atoms with Crippen LogP contribution in [0.4, 0.5) is 5.69 Å². The van der Waals surface area contributed by atoms with E-state index in [1.54, 1.807) is 43.1 Å². The third kappa shape index (κ3) is 4.93. The summed E-state index contributed by atoms with van der Waals surface area (Å²) < 4.78 is 5.28. The molecule has 0 radical (unpaired) electrons. The van der Waals surface area contributed by atoms with Crippen LogP contribution in [-0.2, 0) is 5.75 Å². The third-order valence-electron chi connectivity index (χ3n) is 4.53. The number of nitrogens with one attached hydrogen (secondary N) is 1. The minimum absolute atomic E-state index is 0.296. The van der Waals surface area contributed by atoms with Crippen molar-refractivity contribution in [2.45, 2.75) is 17.6 Å². The summed E-state index contributed by atoms with van der Waals surface area (Å²) in [5.74, 6) is 0.856. The molecule has 0 spiro atoms. The Balaban J connectivity index is 1.50. The van der Waals surface area contributed by atoms with Gasteiger partial charge in [0.2, 0.25) is 0 Å². The predicted octanol–water partition coefficient (Wildman–Crippen LogP) is 6.90. The van der Waals surface area contributed by atoms with Crippen LogP contribution in [0.5, 0.6) is 0 Å². The van der Waals surface area contributed by atoms with Crippen LogP contribution in [-0.4, -0.2) is 16.0 Å². The van der Waals surface area contributed by atoms with Gasteiger partial charge in [-0.3, -0.25) is 9.78 Å². The van der Waals surface area contributed by atoms with Crippen molar-refractivity contribution in [2.24, 2.45) is 0 Å². The van der Waals surface area contributed by atoms with Gasteiger partial charge in [-0.2, -0.15) is 0 Å². The molecule has 4 rings (SSSR count). The molecule has 31 heavy (non-hydrogen) atoms. The van der Waals surface area contributed by atoms with Crippen LogP contribution in [0.2, 0.25) is 10.0 Å². The highest BCUT2D eigenvalue weighted by Gasteiger charge is 2.25. The second kappa shape index (κ2) is 9.56. The molecule has 4 aromatic rings. The van der Waals surface area contributed by atoms with Gasteiger partial charge in [0.05, 0.1) is 10.0 Å². The number of hydrogen-bond donors (Lipinski definition) is 1. The van der Waals surface area contributed by atoms with Crippen LogP contribution < -0.4 is 5.32 Å². The largest absolute Gasteiger partial charge is 0.360 e. The summed E-state index contributed by atoms with van der Waals surface area (Å²) in [5.41, 5.74) is 2.89. The lowest BCUT2D eigenvalue weighted by molar-refractivity contribution is 0.102. The number of thioether (sulfide) groups is 1. The number of anilines is 1. The third-order valence-corrected chi connectivity index (χ3v) is 6.24. The van der Waals surface area contributed by atoms with Crippen LogP contribution in [0, 0.1) is 6.92 Å². The summed E-state index contributed by atoms with van der Waals surface area (Å²) in [7, 11) is 0. The first-order valence-corrected chi connectivity index (χ1v) is 11.1. The number of hydrogen-bond acceptors (Lipinski definition) is 5. The molecular formula is C23H17Cl2N3O2S. The number of aryl methyl sites for hydroxylation is 1. The van der Waals surface area contributed by atoms with Gasteiger partial charge in [-0.25, -0.2) is 0 Å². The maximum atomic E-state index is 13.0. The van der Waals surface area contributed by atoms with Crippen LogP contribution >= 0.6 is 35.0 Å². The second-order valence-electron chi connectivity index (χ2n) is 6.69. The quantitative estimate of drug-likeness (QED) is 0.311. The Morgan fingerprint density at radius 3 is 2.48 bits per heavy atom. The van der Waals surface area contributed by atoms with E-state index in [9.17, 15) is 4.79 Å². The summed E-state index contributed by atoms with van der Waals surface area (Å²) in [6.07, 6.45) is 3.61. The minimum Gasteiger partial charge on any atom is -0.360 e. The number of aromatic nitrogens is 2. The highest BCUT2D eigenvalue weighted by atomic mass is 35.5. The normalized spacial score (nSPS) is 10.8. The fourth-order valence-electron chi connectivity index (χ4n) is 3.01. The number of benzene rings is 2. The van der Waals surface area contributed by atoms with Crippen LogP contribution in [0.1, 0.15) is 21.7 Å². The fraction of sp³-hybridized carbons (Fsp3) is 0.0870. The van der Waals surface area contributed by atoms with Crippen molar-refractivity contribution >= 4 is 46.6 Å². The highest BCUT2D eigenvalue weighted by molar-refractivity contribution is 7.98. The molecule has 2 heterocycles. The summed E-state index contributed by atoms with van der Waals surface area (Å²) in [5, 5.41) is 7.70. The summed E-state index contributed by atoms with van der Waals surface area (Å²) in [6, 6.07) is 16.7. The fourth-order valence-corrected chi connectivity index (χ4v) is 4.42. The van der Waals surface area contributed by atoms with Gasteiger partial charge in [0, 0.05) is 34.3 Å². The van der Waals surface area contributed by atoms with Gasteiger partial charge in [-0.1, -0.05) is 40.5 Å². The van der Waals surface area contributed by atoms with E-state index in [2.05, 4.69) is 15.5 Å². The molecule has 156 valence electrons. The molecule has 1 amide bonds. The lowest BCUT2D eigenvalue weighted by atomic mass is 10.1. The monoisotopic (exact) mass is 469 g/mol. The molecule has 2 aromatic heterocycles. The average Bonchev–Trinajstić information content (AvgIpc) is 3.15. The van der Waals surface area contributed by atoms with Gasteiger partial charge in [-0.05, 0) is 55.0 Å².